The maximum atomic E-state index is 10.2. The normalized spacial score (nSPS) is 12.9. The van der Waals surface area contributed by atoms with Gasteiger partial charge in [0.25, 0.3) is 0 Å². The van der Waals surface area contributed by atoms with Crippen LogP contribution in [-0.2, 0) is 19.1 Å². The van der Waals surface area contributed by atoms with Crippen LogP contribution in [0.5, 0.6) is 0 Å². The van der Waals surface area contributed by atoms with Gasteiger partial charge in [-0.25, -0.2) is 0 Å². The third-order valence-corrected chi connectivity index (χ3v) is 1.88. The van der Waals surface area contributed by atoms with E-state index in [1.165, 1.54) is 13.8 Å². The molecular formula is C12H24O4. The molecule has 0 aliphatic rings. The summed E-state index contributed by atoms with van der Waals surface area (Å²) in [7, 11) is 0. The molecule has 0 radical (unpaired) electrons. The fourth-order valence-corrected chi connectivity index (χ4v) is 0.733. The fourth-order valence-electron chi connectivity index (χ4n) is 0.733. The molecule has 0 aromatic heterocycles. The highest BCUT2D eigenvalue weighted by Crippen LogP contribution is 1.95. The van der Waals surface area contributed by atoms with Crippen LogP contribution in [0.15, 0.2) is 0 Å². The minimum Gasteiger partial charge on any atom is -0.463 e. The summed E-state index contributed by atoms with van der Waals surface area (Å²) in [6.07, 6.45) is 1.93. The maximum Gasteiger partial charge on any atom is 0.302 e. The first-order valence-electron chi connectivity index (χ1n) is 5.67. The van der Waals surface area contributed by atoms with Crippen molar-refractivity contribution >= 4 is 11.9 Å². The highest BCUT2D eigenvalue weighted by Gasteiger charge is 1.99. The monoisotopic (exact) mass is 232 g/mol. The molecule has 0 aliphatic carbocycles. The van der Waals surface area contributed by atoms with Gasteiger partial charge in [0, 0.05) is 13.8 Å². The van der Waals surface area contributed by atoms with Crippen LogP contribution in [0.3, 0.4) is 0 Å². The summed E-state index contributed by atoms with van der Waals surface area (Å²) in [5.74, 6) is -0.390. The van der Waals surface area contributed by atoms with Gasteiger partial charge in [0.05, 0.1) is 12.2 Å². The van der Waals surface area contributed by atoms with Gasteiger partial charge in [-0.1, -0.05) is 13.8 Å². The molecule has 16 heavy (non-hydrogen) atoms. The Hall–Kier alpha value is -1.06. The lowest BCUT2D eigenvalue weighted by Crippen LogP contribution is -2.09. The van der Waals surface area contributed by atoms with E-state index in [0.717, 1.165) is 12.8 Å². The SMILES string of the molecule is CCC(C)OC(C)=O.CCC(C)OC(C)=O. The molecule has 0 aromatic carbocycles. The van der Waals surface area contributed by atoms with Crippen molar-refractivity contribution in [3.05, 3.63) is 0 Å². The first-order chi connectivity index (χ1) is 7.33. The third-order valence-electron chi connectivity index (χ3n) is 1.88. The van der Waals surface area contributed by atoms with Crippen LogP contribution in [0.2, 0.25) is 0 Å². The van der Waals surface area contributed by atoms with Crippen molar-refractivity contribution in [2.75, 3.05) is 0 Å². The van der Waals surface area contributed by atoms with Gasteiger partial charge in [0.15, 0.2) is 0 Å². The van der Waals surface area contributed by atoms with Crippen LogP contribution in [0.1, 0.15) is 54.4 Å². The lowest BCUT2D eigenvalue weighted by atomic mass is 10.3. The molecule has 0 rings (SSSR count). The molecule has 0 aromatic rings. The quantitative estimate of drug-likeness (QED) is 0.699. The van der Waals surface area contributed by atoms with Crippen molar-refractivity contribution in [2.24, 2.45) is 0 Å². The highest BCUT2D eigenvalue weighted by molar-refractivity contribution is 5.66. The van der Waals surface area contributed by atoms with Crippen molar-refractivity contribution < 1.29 is 19.1 Å². The van der Waals surface area contributed by atoms with Crippen LogP contribution < -0.4 is 0 Å². The molecule has 0 N–H and O–H groups in total. The molecule has 2 unspecified atom stereocenters. The van der Waals surface area contributed by atoms with Crippen molar-refractivity contribution in [1.82, 2.24) is 0 Å². The molecule has 0 heterocycles. The molecule has 96 valence electrons. The Morgan fingerprint density at radius 3 is 1.19 bits per heavy atom. The summed E-state index contributed by atoms with van der Waals surface area (Å²) in [4.78, 5) is 20.4. The van der Waals surface area contributed by atoms with Gasteiger partial charge >= 0.3 is 11.9 Å². The topological polar surface area (TPSA) is 52.6 Å². The van der Waals surface area contributed by atoms with Gasteiger partial charge in [0.1, 0.15) is 0 Å². The number of carbonyl (C=O) groups excluding carboxylic acids is 2. The van der Waals surface area contributed by atoms with Crippen LogP contribution in [0.4, 0.5) is 0 Å². The van der Waals surface area contributed by atoms with E-state index in [0.29, 0.717) is 0 Å². The van der Waals surface area contributed by atoms with Crippen LogP contribution in [-0.4, -0.2) is 24.1 Å². The average Bonchev–Trinajstić information content (AvgIpc) is 2.16. The smallest absolute Gasteiger partial charge is 0.302 e. The Labute approximate surface area is 98.3 Å². The summed E-state index contributed by atoms with van der Waals surface area (Å²) in [6.45, 7) is 10.6. The molecule has 0 amide bonds. The highest BCUT2D eigenvalue weighted by atomic mass is 16.5. The summed E-state index contributed by atoms with van der Waals surface area (Å²) in [5.41, 5.74) is 0. The molecule has 0 fully saturated rings. The number of rotatable bonds is 4. The van der Waals surface area contributed by atoms with Crippen molar-refractivity contribution in [1.29, 1.82) is 0 Å². The zero-order chi connectivity index (χ0) is 13.1. The summed E-state index contributed by atoms with van der Waals surface area (Å²) in [6, 6.07) is 0. The summed E-state index contributed by atoms with van der Waals surface area (Å²) in [5, 5.41) is 0. The lowest BCUT2D eigenvalue weighted by Gasteiger charge is -2.06. The summed E-state index contributed by atoms with van der Waals surface area (Å²) >= 11 is 0. The molecule has 0 saturated heterocycles. The number of carbonyl (C=O) groups is 2. The predicted molar refractivity (Wildman–Crippen MR) is 63.0 cm³/mol. The molecular weight excluding hydrogens is 208 g/mol. The van der Waals surface area contributed by atoms with Gasteiger partial charge in [0.2, 0.25) is 0 Å². The second kappa shape index (κ2) is 10.5. The predicted octanol–water partition coefficient (Wildman–Crippen LogP) is 2.70. The van der Waals surface area contributed by atoms with Gasteiger partial charge in [-0.15, -0.1) is 0 Å². The van der Waals surface area contributed by atoms with E-state index in [1.807, 2.05) is 27.7 Å². The minimum atomic E-state index is -0.195. The lowest BCUT2D eigenvalue weighted by molar-refractivity contribution is -0.146. The number of esters is 2. The molecule has 0 aliphatic heterocycles. The molecule has 4 heteroatoms. The average molecular weight is 232 g/mol. The first kappa shape index (κ1) is 17.3. The Morgan fingerprint density at radius 2 is 1.12 bits per heavy atom. The van der Waals surface area contributed by atoms with Crippen LogP contribution >= 0.6 is 0 Å². The number of ether oxygens (including phenoxy) is 2. The van der Waals surface area contributed by atoms with E-state index in [9.17, 15) is 9.59 Å². The fraction of sp³-hybridized carbons (Fsp3) is 0.833. The molecule has 0 bridgehead atoms. The molecule has 0 spiro atoms. The molecule has 4 nitrogen and oxygen atoms in total. The van der Waals surface area contributed by atoms with Crippen molar-refractivity contribution in [3.63, 3.8) is 0 Å². The van der Waals surface area contributed by atoms with E-state index in [1.54, 1.807) is 0 Å². The Bertz CT molecular complexity index is 179. The first-order valence-corrected chi connectivity index (χ1v) is 5.67. The zero-order valence-electron chi connectivity index (χ0n) is 11.2. The van der Waals surface area contributed by atoms with Gasteiger partial charge in [-0.2, -0.15) is 0 Å². The van der Waals surface area contributed by atoms with Crippen molar-refractivity contribution in [2.45, 2.75) is 66.6 Å². The Morgan fingerprint density at radius 1 is 0.875 bits per heavy atom. The Balaban J connectivity index is 0. The van der Waals surface area contributed by atoms with E-state index in [-0.39, 0.29) is 24.1 Å². The van der Waals surface area contributed by atoms with Crippen LogP contribution in [0, 0.1) is 0 Å². The van der Waals surface area contributed by atoms with Crippen molar-refractivity contribution in [3.8, 4) is 0 Å². The standard InChI is InChI=1S/2C6H12O2/c2*1-4-5(2)8-6(3)7/h2*5H,4H2,1-3H3. The van der Waals surface area contributed by atoms with Gasteiger partial charge in [-0.3, -0.25) is 9.59 Å². The third kappa shape index (κ3) is 15.4. The zero-order valence-corrected chi connectivity index (χ0v) is 11.2. The second-order valence-corrected chi connectivity index (χ2v) is 3.66. The Kier molecular flexibility index (Phi) is 11.3. The van der Waals surface area contributed by atoms with Gasteiger partial charge < -0.3 is 9.47 Å². The van der Waals surface area contributed by atoms with E-state index in [2.05, 4.69) is 0 Å². The minimum absolute atomic E-state index is 0.0764. The summed E-state index contributed by atoms with van der Waals surface area (Å²) < 4.78 is 9.52. The molecule has 0 saturated carbocycles. The van der Waals surface area contributed by atoms with Crippen LogP contribution in [0.25, 0.3) is 0 Å². The van der Waals surface area contributed by atoms with E-state index >= 15 is 0 Å². The molecule has 2 atom stereocenters. The van der Waals surface area contributed by atoms with E-state index in [4.69, 9.17) is 9.47 Å². The number of hydrogen-bond acceptors (Lipinski definition) is 4. The largest absolute Gasteiger partial charge is 0.463 e. The number of hydrogen-bond donors (Lipinski definition) is 0. The van der Waals surface area contributed by atoms with Gasteiger partial charge in [-0.05, 0) is 26.7 Å². The van der Waals surface area contributed by atoms with E-state index < -0.39 is 0 Å². The maximum absolute atomic E-state index is 10.2. The second-order valence-electron chi connectivity index (χ2n) is 3.66.